The van der Waals surface area contributed by atoms with E-state index in [1.165, 1.54) is 6.07 Å². The zero-order chi connectivity index (χ0) is 23.1. The lowest BCUT2D eigenvalue weighted by atomic mass is 10.0. The first-order chi connectivity index (χ1) is 15.9. The second kappa shape index (κ2) is 8.40. The van der Waals surface area contributed by atoms with Gasteiger partial charge in [0, 0.05) is 36.9 Å². The summed E-state index contributed by atoms with van der Waals surface area (Å²) in [5, 5.41) is 12.1. The van der Waals surface area contributed by atoms with Crippen LogP contribution in [0.2, 0.25) is 0 Å². The van der Waals surface area contributed by atoms with Gasteiger partial charge in [0.1, 0.15) is 5.52 Å². The Labute approximate surface area is 191 Å². The molecule has 0 atom stereocenters. The van der Waals surface area contributed by atoms with Crippen LogP contribution in [0, 0.1) is 12.7 Å². The Bertz CT molecular complexity index is 1340. The summed E-state index contributed by atoms with van der Waals surface area (Å²) in [6.45, 7) is 3.90. The second-order valence-corrected chi connectivity index (χ2v) is 8.72. The summed E-state index contributed by atoms with van der Waals surface area (Å²) < 4.78 is 16.0. The van der Waals surface area contributed by atoms with Gasteiger partial charge in [0.25, 0.3) is 5.91 Å². The average molecular weight is 448 g/mol. The van der Waals surface area contributed by atoms with Crippen LogP contribution in [-0.4, -0.2) is 63.6 Å². The van der Waals surface area contributed by atoms with Gasteiger partial charge in [-0.2, -0.15) is 5.10 Å². The number of rotatable bonds is 4. The molecular weight excluding hydrogens is 421 g/mol. The number of halogens is 1. The van der Waals surface area contributed by atoms with Crippen molar-refractivity contribution in [2.75, 3.05) is 37.4 Å². The fourth-order valence-corrected chi connectivity index (χ4v) is 4.56. The number of aryl methyl sites for hydroxylation is 1. The van der Waals surface area contributed by atoms with E-state index in [4.69, 9.17) is 0 Å². The molecule has 1 aliphatic rings. The first-order valence-electron chi connectivity index (χ1n) is 11.0. The third kappa shape index (κ3) is 4.00. The topological polar surface area (TPSA) is 78.7 Å². The number of hydrogen-bond acceptors (Lipinski definition) is 6. The van der Waals surface area contributed by atoms with Crippen LogP contribution in [0.4, 0.5) is 15.8 Å². The molecule has 1 N–H and O–H groups in total. The van der Waals surface area contributed by atoms with E-state index < -0.39 is 5.82 Å². The number of nitrogens with zero attached hydrogens (tertiary/aromatic N) is 6. The molecule has 1 aromatic carbocycles. The van der Waals surface area contributed by atoms with Gasteiger partial charge in [-0.05, 0) is 46.0 Å². The van der Waals surface area contributed by atoms with Crippen molar-refractivity contribution < 1.29 is 9.18 Å². The SMILES string of the molecule is Cc1cn2cc(NC(=O)c3cccc4c(N(C)C5CCN(C)CC5)cnnc34)cc(F)c2n1. The highest BCUT2D eigenvalue weighted by Gasteiger charge is 2.23. The molecule has 3 aromatic heterocycles. The van der Waals surface area contributed by atoms with Gasteiger partial charge in [0.15, 0.2) is 11.5 Å². The number of likely N-dealkylation sites (tertiary alicyclic amines) is 1. The monoisotopic (exact) mass is 447 g/mol. The number of carbonyl (C=O) groups excluding carboxylic acids is 1. The van der Waals surface area contributed by atoms with Crippen molar-refractivity contribution >= 4 is 33.8 Å². The van der Waals surface area contributed by atoms with Gasteiger partial charge in [-0.15, -0.1) is 5.10 Å². The molecular formula is C24H26FN7O. The first kappa shape index (κ1) is 21.3. The fraction of sp³-hybridized carbons (Fsp3) is 0.333. The molecule has 1 fully saturated rings. The number of benzene rings is 1. The normalized spacial score (nSPS) is 15.3. The summed E-state index contributed by atoms with van der Waals surface area (Å²) in [6, 6.07) is 7.19. The van der Waals surface area contributed by atoms with E-state index >= 15 is 0 Å². The fourth-order valence-electron chi connectivity index (χ4n) is 4.56. The Kier molecular flexibility index (Phi) is 5.41. The van der Waals surface area contributed by atoms with Crippen molar-refractivity contribution in [3.05, 3.63) is 59.9 Å². The molecule has 0 radical (unpaired) electrons. The molecule has 170 valence electrons. The van der Waals surface area contributed by atoms with Gasteiger partial charge in [-0.25, -0.2) is 9.37 Å². The molecule has 8 nitrogen and oxygen atoms in total. The van der Waals surface area contributed by atoms with Crippen LogP contribution in [-0.2, 0) is 0 Å². The van der Waals surface area contributed by atoms with Gasteiger partial charge in [0.2, 0.25) is 0 Å². The lowest BCUT2D eigenvalue weighted by Crippen LogP contribution is -2.42. The summed E-state index contributed by atoms with van der Waals surface area (Å²) in [6.07, 6.45) is 7.25. The molecule has 33 heavy (non-hydrogen) atoms. The first-order valence-corrected chi connectivity index (χ1v) is 11.0. The maximum Gasteiger partial charge on any atom is 0.257 e. The van der Waals surface area contributed by atoms with Gasteiger partial charge in [-0.3, -0.25) is 4.79 Å². The summed E-state index contributed by atoms with van der Waals surface area (Å²) in [7, 11) is 4.21. The van der Waals surface area contributed by atoms with E-state index in [1.807, 2.05) is 12.1 Å². The van der Waals surface area contributed by atoms with Crippen LogP contribution in [0.15, 0.2) is 42.9 Å². The molecule has 1 amide bonds. The van der Waals surface area contributed by atoms with E-state index in [-0.39, 0.29) is 11.6 Å². The van der Waals surface area contributed by atoms with Crippen molar-refractivity contribution in [3.8, 4) is 0 Å². The lowest BCUT2D eigenvalue weighted by molar-refractivity contribution is 0.102. The number of carbonyl (C=O) groups is 1. The zero-order valence-corrected chi connectivity index (χ0v) is 18.9. The smallest absolute Gasteiger partial charge is 0.257 e. The molecule has 9 heteroatoms. The van der Waals surface area contributed by atoms with Crippen molar-refractivity contribution in [2.24, 2.45) is 0 Å². The van der Waals surface area contributed by atoms with Crippen molar-refractivity contribution in [3.63, 3.8) is 0 Å². The number of fused-ring (bicyclic) bond motifs is 2. The minimum atomic E-state index is -0.499. The summed E-state index contributed by atoms with van der Waals surface area (Å²) in [5.74, 6) is -0.870. The second-order valence-electron chi connectivity index (χ2n) is 8.72. The summed E-state index contributed by atoms with van der Waals surface area (Å²) in [5.41, 5.74) is 3.12. The number of piperidine rings is 1. The van der Waals surface area contributed by atoms with Crippen LogP contribution in [0.5, 0.6) is 0 Å². The number of hydrogen-bond donors (Lipinski definition) is 1. The van der Waals surface area contributed by atoms with E-state index in [1.54, 1.807) is 36.0 Å². The minimum absolute atomic E-state index is 0.225. The van der Waals surface area contributed by atoms with Crippen molar-refractivity contribution in [1.29, 1.82) is 0 Å². The van der Waals surface area contributed by atoms with Gasteiger partial charge < -0.3 is 19.5 Å². The quantitative estimate of drug-likeness (QED) is 0.516. The van der Waals surface area contributed by atoms with Crippen molar-refractivity contribution in [1.82, 2.24) is 24.5 Å². The van der Waals surface area contributed by atoms with Crippen LogP contribution < -0.4 is 10.2 Å². The average Bonchev–Trinajstić information content (AvgIpc) is 3.19. The molecule has 4 aromatic rings. The van der Waals surface area contributed by atoms with Crippen LogP contribution >= 0.6 is 0 Å². The molecule has 0 bridgehead atoms. The Hall–Kier alpha value is -3.59. The third-order valence-corrected chi connectivity index (χ3v) is 6.39. The van der Waals surface area contributed by atoms with Crippen molar-refractivity contribution in [2.45, 2.75) is 25.8 Å². The Morgan fingerprint density at radius 1 is 1.24 bits per heavy atom. The predicted octanol–water partition coefficient (Wildman–Crippen LogP) is 3.51. The summed E-state index contributed by atoms with van der Waals surface area (Å²) in [4.78, 5) is 21.9. The minimum Gasteiger partial charge on any atom is -0.370 e. The predicted molar refractivity (Wildman–Crippen MR) is 126 cm³/mol. The number of aromatic nitrogens is 4. The Balaban J connectivity index is 1.46. The van der Waals surface area contributed by atoms with Gasteiger partial charge in [0.05, 0.1) is 28.8 Å². The summed E-state index contributed by atoms with van der Waals surface area (Å²) >= 11 is 0. The molecule has 1 saturated heterocycles. The highest BCUT2D eigenvalue weighted by molar-refractivity contribution is 6.13. The number of anilines is 2. The number of pyridine rings is 1. The molecule has 0 aliphatic carbocycles. The van der Waals surface area contributed by atoms with Crippen LogP contribution in [0.3, 0.4) is 0 Å². The molecule has 0 unspecified atom stereocenters. The standard InChI is InChI=1S/C24H26FN7O/c1-15-13-32-14-16(11-20(25)23(32)27-15)28-24(33)19-6-4-5-18-21(12-26-29-22(18)19)31(3)17-7-9-30(2)10-8-17/h4-6,11-14,17H,7-10H2,1-3H3,(H,28,33). The highest BCUT2D eigenvalue weighted by atomic mass is 19.1. The van der Waals surface area contributed by atoms with Gasteiger partial charge in [-0.1, -0.05) is 12.1 Å². The number of nitrogens with one attached hydrogen (secondary N) is 1. The van der Waals surface area contributed by atoms with E-state index in [9.17, 15) is 9.18 Å². The Morgan fingerprint density at radius 2 is 2.03 bits per heavy atom. The largest absolute Gasteiger partial charge is 0.370 e. The Morgan fingerprint density at radius 3 is 2.82 bits per heavy atom. The van der Waals surface area contributed by atoms with E-state index in [0.29, 0.717) is 28.5 Å². The lowest BCUT2D eigenvalue weighted by Gasteiger charge is -2.36. The number of amides is 1. The molecule has 4 heterocycles. The van der Waals surface area contributed by atoms with E-state index in [2.05, 4.69) is 44.4 Å². The van der Waals surface area contributed by atoms with E-state index in [0.717, 1.165) is 37.0 Å². The molecule has 0 saturated carbocycles. The molecule has 1 aliphatic heterocycles. The third-order valence-electron chi connectivity index (χ3n) is 6.39. The zero-order valence-electron chi connectivity index (χ0n) is 18.9. The maximum atomic E-state index is 14.4. The van der Waals surface area contributed by atoms with Gasteiger partial charge >= 0.3 is 0 Å². The highest BCUT2D eigenvalue weighted by Crippen LogP contribution is 2.30. The molecule has 5 rings (SSSR count). The van der Waals surface area contributed by atoms with Crippen LogP contribution in [0.25, 0.3) is 16.6 Å². The maximum absolute atomic E-state index is 14.4. The number of imidazole rings is 1. The molecule has 0 spiro atoms. The van der Waals surface area contributed by atoms with Crippen LogP contribution in [0.1, 0.15) is 28.9 Å².